The smallest absolute Gasteiger partial charge is 0.328 e. The van der Waals surface area contributed by atoms with Gasteiger partial charge in [0.15, 0.2) is 0 Å². The molecule has 202 valence electrons. The van der Waals surface area contributed by atoms with E-state index >= 15 is 0 Å². The highest BCUT2D eigenvalue weighted by molar-refractivity contribution is 7.90. The van der Waals surface area contributed by atoms with Crippen LogP contribution in [-0.4, -0.2) is 45.1 Å². The van der Waals surface area contributed by atoms with Gasteiger partial charge in [0.2, 0.25) is 0 Å². The second-order valence-corrected chi connectivity index (χ2v) is 11.4. The van der Waals surface area contributed by atoms with Gasteiger partial charge < -0.3 is 10.6 Å². The zero-order valence-electron chi connectivity index (χ0n) is 21.7. The highest BCUT2D eigenvalue weighted by Gasteiger charge is 2.20. The summed E-state index contributed by atoms with van der Waals surface area (Å²) < 4.78 is 27.5. The van der Waals surface area contributed by atoms with E-state index < -0.39 is 16.1 Å². The molecular weight excluding hydrogens is 502 g/mol. The number of pyridine rings is 1. The molecule has 1 saturated carbocycles. The van der Waals surface area contributed by atoms with Crippen molar-refractivity contribution in [3.8, 4) is 0 Å². The van der Waals surface area contributed by atoms with E-state index in [9.17, 15) is 18.0 Å². The molecule has 1 aliphatic carbocycles. The monoisotopic (exact) mass is 537 g/mol. The summed E-state index contributed by atoms with van der Waals surface area (Å²) in [6.45, 7) is 0.366. The van der Waals surface area contributed by atoms with Crippen LogP contribution in [0, 0.1) is 0 Å². The van der Waals surface area contributed by atoms with Crippen molar-refractivity contribution in [3.63, 3.8) is 0 Å². The number of urea groups is 2. The van der Waals surface area contributed by atoms with Crippen LogP contribution in [0.15, 0.2) is 65.6 Å². The predicted molar refractivity (Wildman–Crippen MR) is 149 cm³/mol. The number of aromatic nitrogens is 1. The lowest BCUT2D eigenvalue weighted by atomic mass is 9.97. The van der Waals surface area contributed by atoms with E-state index in [4.69, 9.17) is 0 Å². The molecule has 0 saturated heterocycles. The molecule has 1 aromatic heterocycles. The normalized spacial score (nSPS) is 14.8. The first kappa shape index (κ1) is 27.4. The summed E-state index contributed by atoms with van der Waals surface area (Å²) in [5, 5.41) is 6.67. The van der Waals surface area contributed by atoms with Gasteiger partial charge in [-0.3, -0.25) is 4.90 Å². The summed E-state index contributed by atoms with van der Waals surface area (Å²) in [5.74, 6) is 0.543. The van der Waals surface area contributed by atoms with Gasteiger partial charge in [0.25, 0.3) is 10.0 Å². The maximum Gasteiger partial charge on any atom is 0.328 e. The standard InChI is InChI=1S/C28H35N5O4S/c1-33(26-18-15-22-9-7-8-12-25(22)31-26)28(35)29-20-19-21-13-16-24(17-14-21)38(36,37)32-27(34)30-23-10-5-3-2-4-6-11-23/h7-9,12-18,23H,2-6,10-11,19-20H2,1H3,(H,29,35)(H2,30,32,34). The van der Waals surface area contributed by atoms with E-state index in [-0.39, 0.29) is 17.0 Å². The van der Waals surface area contributed by atoms with Crippen molar-refractivity contribution < 1.29 is 18.0 Å². The minimum Gasteiger partial charge on any atom is -0.337 e. The molecule has 0 spiro atoms. The quantitative estimate of drug-likeness (QED) is 0.403. The molecule has 0 atom stereocenters. The van der Waals surface area contributed by atoms with Gasteiger partial charge in [-0.1, -0.05) is 62.4 Å². The maximum atomic E-state index is 12.7. The lowest BCUT2D eigenvalue weighted by Gasteiger charge is -2.21. The maximum absolute atomic E-state index is 12.7. The minimum absolute atomic E-state index is 0.000788. The Labute approximate surface area is 224 Å². The Hall–Kier alpha value is -3.66. The van der Waals surface area contributed by atoms with Gasteiger partial charge >= 0.3 is 12.1 Å². The SMILES string of the molecule is CN(C(=O)NCCc1ccc(S(=O)(=O)NC(=O)NC2CCCCCCC2)cc1)c1ccc2ccccc2n1. The van der Waals surface area contributed by atoms with Crippen LogP contribution in [0.2, 0.25) is 0 Å². The fraction of sp³-hybridized carbons (Fsp3) is 0.393. The second-order valence-electron chi connectivity index (χ2n) is 9.67. The molecule has 2 aromatic carbocycles. The molecule has 9 nitrogen and oxygen atoms in total. The molecule has 3 N–H and O–H groups in total. The fourth-order valence-corrected chi connectivity index (χ4v) is 5.53. The lowest BCUT2D eigenvalue weighted by molar-refractivity contribution is 0.239. The van der Waals surface area contributed by atoms with Crippen molar-refractivity contribution in [1.82, 2.24) is 20.3 Å². The third kappa shape index (κ3) is 7.44. The van der Waals surface area contributed by atoms with Crippen molar-refractivity contribution in [1.29, 1.82) is 0 Å². The molecule has 38 heavy (non-hydrogen) atoms. The molecule has 1 fully saturated rings. The van der Waals surface area contributed by atoms with E-state index in [1.165, 1.54) is 23.5 Å². The minimum atomic E-state index is -3.98. The van der Waals surface area contributed by atoms with Crippen LogP contribution in [0.25, 0.3) is 10.9 Å². The van der Waals surface area contributed by atoms with Crippen molar-refractivity contribution in [2.75, 3.05) is 18.5 Å². The molecule has 0 radical (unpaired) electrons. The molecular formula is C28H35N5O4S. The number of benzene rings is 2. The van der Waals surface area contributed by atoms with Crippen molar-refractivity contribution >= 4 is 38.8 Å². The third-order valence-electron chi connectivity index (χ3n) is 6.82. The van der Waals surface area contributed by atoms with Gasteiger partial charge in [-0.2, -0.15) is 0 Å². The zero-order chi connectivity index (χ0) is 27.0. The van der Waals surface area contributed by atoms with Crippen LogP contribution in [0.5, 0.6) is 0 Å². The van der Waals surface area contributed by atoms with Crippen LogP contribution in [-0.2, 0) is 16.4 Å². The number of nitrogens with zero attached hydrogens (tertiary/aromatic N) is 2. The lowest BCUT2D eigenvalue weighted by Crippen LogP contribution is -2.44. The largest absolute Gasteiger partial charge is 0.337 e. The van der Waals surface area contributed by atoms with E-state index in [2.05, 4.69) is 20.3 Å². The number of fused-ring (bicyclic) bond motifs is 1. The number of carbonyl (C=O) groups is 2. The average Bonchev–Trinajstić information content (AvgIpc) is 2.89. The Kier molecular flexibility index (Phi) is 9.17. The second kappa shape index (κ2) is 12.7. The first-order chi connectivity index (χ1) is 18.3. The highest BCUT2D eigenvalue weighted by Crippen LogP contribution is 2.18. The number of nitrogens with one attached hydrogen (secondary N) is 3. The molecule has 0 unspecified atom stereocenters. The summed E-state index contributed by atoms with van der Waals surface area (Å²) in [4.78, 5) is 30.9. The van der Waals surface area contributed by atoms with Gasteiger partial charge in [-0.25, -0.2) is 27.7 Å². The van der Waals surface area contributed by atoms with Crippen molar-refractivity contribution in [3.05, 3.63) is 66.2 Å². The summed E-state index contributed by atoms with van der Waals surface area (Å²) in [6.07, 6.45) is 7.84. The molecule has 4 rings (SSSR count). The van der Waals surface area contributed by atoms with Crippen LogP contribution >= 0.6 is 0 Å². The first-order valence-electron chi connectivity index (χ1n) is 13.1. The number of anilines is 1. The fourth-order valence-electron chi connectivity index (χ4n) is 4.61. The third-order valence-corrected chi connectivity index (χ3v) is 8.17. The van der Waals surface area contributed by atoms with E-state index in [0.29, 0.717) is 18.8 Å². The average molecular weight is 538 g/mol. The summed E-state index contributed by atoms with van der Waals surface area (Å²) in [6, 6.07) is 16.8. The first-order valence-corrected chi connectivity index (χ1v) is 14.6. The molecule has 0 aliphatic heterocycles. The number of rotatable bonds is 7. The van der Waals surface area contributed by atoms with Gasteiger partial charge in [0.05, 0.1) is 10.4 Å². The molecule has 3 aromatic rings. The molecule has 1 heterocycles. The Balaban J connectivity index is 1.25. The Bertz CT molecular complexity index is 1350. The number of hydrogen-bond acceptors (Lipinski definition) is 5. The number of carbonyl (C=O) groups excluding carboxylic acids is 2. The van der Waals surface area contributed by atoms with Gasteiger partial charge in [-0.15, -0.1) is 0 Å². The van der Waals surface area contributed by atoms with Crippen LogP contribution in [0.3, 0.4) is 0 Å². The number of hydrogen-bond donors (Lipinski definition) is 3. The zero-order valence-corrected chi connectivity index (χ0v) is 22.5. The van der Waals surface area contributed by atoms with Gasteiger partial charge in [-0.05, 0) is 55.2 Å². The van der Waals surface area contributed by atoms with Crippen LogP contribution in [0.4, 0.5) is 15.4 Å². The highest BCUT2D eigenvalue weighted by atomic mass is 32.2. The van der Waals surface area contributed by atoms with Crippen LogP contribution in [0.1, 0.15) is 50.5 Å². The topological polar surface area (TPSA) is 121 Å². The molecule has 4 amide bonds. The Morgan fingerprint density at radius 2 is 1.61 bits per heavy atom. The molecule has 1 aliphatic rings. The summed E-state index contributed by atoms with van der Waals surface area (Å²) in [5.41, 5.74) is 1.67. The van der Waals surface area contributed by atoms with Gasteiger partial charge in [0, 0.05) is 25.0 Å². The van der Waals surface area contributed by atoms with E-state index in [1.807, 2.05) is 30.3 Å². The Morgan fingerprint density at radius 1 is 0.921 bits per heavy atom. The molecule has 10 heteroatoms. The van der Waals surface area contributed by atoms with Crippen LogP contribution < -0.4 is 20.3 Å². The van der Waals surface area contributed by atoms with Crippen molar-refractivity contribution in [2.45, 2.75) is 62.3 Å². The number of para-hydroxylation sites is 1. The predicted octanol–water partition coefficient (Wildman–Crippen LogP) is 4.72. The summed E-state index contributed by atoms with van der Waals surface area (Å²) >= 11 is 0. The number of sulfonamides is 1. The van der Waals surface area contributed by atoms with Crippen molar-refractivity contribution in [2.24, 2.45) is 0 Å². The van der Waals surface area contributed by atoms with E-state index in [1.54, 1.807) is 25.2 Å². The molecule has 0 bridgehead atoms. The van der Waals surface area contributed by atoms with E-state index in [0.717, 1.165) is 55.0 Å². The summed E-state index contributed by atoms with van der Waals surface area (Å²) in [7, 11) is -2.32. The Morgan fingerprint density at radius 3 is 2.34 bits per heavy atom. The number of amides is 4. The van der Waals surface area contributed by atoms with Gasteiger partial charge in [0.1, 0.15) is 5.82 Å².